The first kappa shape index (κ1) is 21.8. The van der Waals surface area contributed by atoms with Gasteiger partial charge in [-0.25, -0.2) is 0 Å². The highest BCUT2D eigenvalue weighted by molar-refractivity contribution is 9.10. The van der Waals surface area contributed by atoms with E-state index in [1.807, 2.05) is 0 Å². The largest absolute Gasteiger partial charge is 0.463 e. The summed E-state index contributed by atoms with van der Waals surface area (Å²) in [7, 11) is 0. The van der Waals surface area contributed by atoms with Crippen LogP contribution in [0.25, 0.3) is 0 Å². The van der Waals surface area contributed by atoms with Gasteiger partial charge in [0.25, 0.3) is 0 Å². The number of esters is 2. The van der Waals surface area contributed by atoms with Crippen molar-refractivity contribution in [1.82, 2.24) is 10.6 Å². The Labute approximate surface area is 149 Å². The molecule has 6 nitrogen and oxygen atoms in total. The van der Waals surface area contributed by atoms with Gasteiger partial charge in [-0.05, 0) is 27.7 Å². The monoisotopic (exact) mass is 444 g/mol. The highest BCUT2D eigenvalue weighted by atomic mass is 79.9. The summed E-state index contributed by atoms with van der Waals surface area (Å²) < 4.78 is 8.87. The summed E-state index contributed by atoms with van der Waals surface area (Å²) in [5.41, 5.74) is 0. The quantitative estimate of drug-likeness (QED) is 0.286. The molecule has 0 aliphatic rings. The van der Waals surface area contributed by atoms with E-state index in [2.05, 4.69) is 42.5 Å². The Balaban J connectivity index is 3.38. The van der Waals surface area contributed by atoms with Gasteiger partial charge in [-0.15, -0.1) is 0 Å². The Morgan fingerprint density at radius 2 is 1.09 bits per heavy atom. The van der Waals surface area contributed by atoms with Crippen LogP contribution in [0.4, 0.5) is 0 Å². The maximum Gasteiger partial charge on any atom is 0.322 e. The second kappa shape index (κ2) is 10.6. The highest BCUT2D eigenvalue weighted by Gasteiger charge is 2.25. The van der Waals surface area contributed by atoms with Crippen molar-refractivity contribution in [3.8, 4) is 0 Å². The molecule has 0 aromatic heterocycles. The van der Waals surface area contributed by atoms with Crippen molar-refractivity contribution >= 4 is 43.8 Å². The van der Waals surface area contributed by atoms with Gasteiger partial charge in [0.2, 0.25) is 0 Å². The van der Waals surface area contributed by atoms with Crippen molar-refractivity contribution in [1.29, 1.82) is 0 Å². The van der Waals surface area contributed by atoms with Crippen molar-refractivity contribution in [2.45, 2.75) is 36.3 Å². The smallest absolute Gasteiger partial charge is 0.322 e. The Morgan fingerprint density at radius 3 is 1.36 bits per heavy atom. The number of ether oxygens (including phenoxy) is 2. The number of alkyl halides is 2. The van der Waals surface area contributed by atoms with E-state index in [-0.39, 0.29) is 11.9 Å². The molecule has 22 heavy (non-hydrogen) atoms. The minimum absolute atomic E-state index is 0.274. The summed E-state index contributed by atoms with van der Waals surface area (Å²) in [4.78, 5) is 22.9. The number of hydrogen-bond acceptors (Lipinski definition) is 6. The summed E-state index contributed by atoms with van der Waals surface area (Å²) in [6.45, 7) is 10.4. The normalized spacial score (nSPS) is 12.1. The van der Waals surface area contributed by atoms with Crippen LogP contribution in [0.5, 0.6) is 0 Å². The molecule has 0 rings (SSSR count). The first-order chi connectivity index (χ1) is 10.0. The Hall–Kier alpha value is -0.180. The molecular weight excluding hydrogens is 420 g/mol. The van der Waals surface area contributed by atoms with Crippen LogP contribution in [0.15, 0.2) is 0 Å². The predicted octanol–water partition coefficient (Wildman–Crippen LogP) is 1.60. The van der Waals surface area contributed by atoms with Gasteiger partial charge in [-0.2, -0.15) is 0 Å². The summed E-state index contributed by atoms with van der Waals surface area (Å²) in [6.07, 6.45) is 0. The molecule has 0 bridgehead atoms. The standard InChI is InChI=1S/C14H26Br2N2O4/c1-13(2,15)11(19)21-9-7-17-5-6-18-8-10-22-12(20)14(3,4)16/h17-18H,5-10H2,1-4H3. The molecule has 0 saturated carbocycles. The molecule has 0 aliphatic heterocycles. The zero-order valence-corrected chi connectivity index (χ0v) is 16.8. The topological polar surface area (TPSA) is 76.7 Å². The number of carbonyl (C=O) groups excluding carboxylic acids is 2. The third-order valence-electron chi connectivity index (χ3n) is 2.47. The third-order valence-corrected chi connectivity index (χ3v) is 3.12. The van der Waals surface area contributed by atoms with Crippen molar-refractivity contribution in [2.75, 3.05) is 39.4 Å². The minimum atomic E-state index is -0.643. The molecule has 130 valence electrons. The van der Waals surface area contributed by atoms with Crippen molar-refractivity contribution < 1.29 is 19.1 Å². The maximum absolute atomic E-state index is 11.4. The lowest BCUT2D eigenvalue weighted by Crippen LogP contribution is -2.34. The summed E-state index contributed by atoms with van der Waals surface area (Å²) in [6, 6.07) is 0. The van der Waals surface area contributed by atoms with E-state index in [9.17, 15) is 9.59 Å². The molecule has 0 aliphatic carbocycles. The Morgan fingerprint density at radius 1 is 0.773 bits per heavy atom. The van der Waals surface area contributed by atoms with Gasteiger partial charge in [0.15, 0.2) is 0 Å². The number of hydrogen-bond donors (Lipinski definition) is 2. The van der Waals surface area contributed by atoms with Crippen LogP contribution in [0.1, 0.15) is 27.7 Å². The van der Waals surface area contributed by atoms with Crippen LogP contribution in [0.3, 0.4) is 0 Å². The number of rotatable bonds is 11. The molecule has 8 heteroatoms. The maximum atomic E-state index is 11.4. The zero-order chi connectivity index (χ0) is 17.2. The van der Waals surface area contributed by atoms with Gasteiger partial charge in [-0.1, -0.05) is 31.9 Å². The van der Waals surface area contributed by atoms with E-state index >= 15 is 0 Å². The van der Waals surface area contributed by atoms with Crippen LogP contribution >= 0.6 is 31.9 Å². The van der Waals surface area contributed by atoms with Crippen LogP contribution in [0.2, 0.25) is 0 Å². The van der Waals surface area contributed by atoms with Crippen LogP contribution < -0.4 is 10.6 Å². The van der Waals surface area contributed by atoms with Gasteiger partial charge in [0.05, 0.1) is 0 Å². The van der Waals surface area contributed by atoms with Crippen LogP contribution in [-0.2, 0) is 19.1 Å². The average molecular weight is 446 g/mol. The minimum Gasteiger partial charge on any atom is -0.463 e. The Kier molecular flexibility index (Phi) is 10.5. The number of carbonyl (C=O) groups is 2. The SMILES string of the molecule is CC(C)(Br)C(=O)OCCNCCNCCOC(=O)C(C)(C)Br. The first-order valence-electron chi connectivity index (χ1n) is 7.19. The third kappa shape index (κ3) is 11.4. The van der Waals surface area contributed by atoms with Crippen molar-refractivity contribution in [3.63, 3.8) is 0 Å². The van der Waals surface area contributed by atoms with Crippen LogP contribution in [-0.4, -0.2) is 60.0 Å². The molecule has 0 spiro atoms. The van der Waals surface area contributed by atoms with Gasteiger partial charge >= 0.3 is 11.9 Å². The van der Waals surface area contributed by atoms with Crippen molar-refractivity contribution in [3.05, 3.63) is 0 Å². The molecule has 0 unspecified atom stereocenters. The molecule has 0 fully saturated rings. The van der Waals surface area contributed by atoms with E-state index in [0.717, 1.165) is 13.1 Å². The molecule has 0 radical (unpaired) electrons. The molecule has 0 saturated heterocycles. The molecule has 0 aromatic rings. The fourth-order valence-corrected chi connectivity index (χ4v) is 1.43. The first-order valence-corrected chi connectivity index (χ1v) is 8.77. The van der Waals surface area contributed by atoms with E-state index in [0.29, 0.717) is 26.3 Å². The second-order valence-corrected chi connectivity index (χ2v) is 9.68. The van der Waals surface area contributed by atoms with E-state index in [1.54, 1.807) is 27.7 Å². The zero-order valence-electron chi connectivity index (χ0n) is 13.6. The molecule has 0 atom stereocenters. The van der Waals surface area contributed by atoms with E-state index in [4.69, 9.17) is 9.47 Å². The van der Waals surface area contributed by atoms with E-state index in [1.165, 1.54) is 0 Å². The number of nitrogens with one attached hydrogen (secondary N) is 2. The van der Waals surface area contributed by atoms with Gasteiger partial charge in [0.1, 0.15) is 21.9 Å². The fraction of sp³-hybridized carbons (Fsp3) is 0.857. The molecular formula is C14H26Br2N2O4. The van der Waals surface area contributed by atoms with Crippen molar-refractivity contribution in [2.24, 2.45) is 0 Å². The van der Waals surface area contributed by atoms with E-state index < -0.39 is 8.65 Å². The molecule has 0 amide bonds. The highest BCUT2D eigenvalue weighted by Crippen LogP contribution is 2.17. The summed E-state index contributed by atoms with van der Waals surface area (Å²) in [5.74, 6) is -0.548. The number of halogens is 2. The van der Waals surface area contributed by atoms with Gasteiger partial charge < -0.3 is 20.1 Å². The summed E-state index contributed by atoms with van der Waals surface area (Å²) >= 11 is 6.48. The fourth-order valence-electron chi connectivity index (χ4n) is 1.20. The molecule has 0 aromatic carbocycles. The Bertz CT molecular complexity index is 318. The predicted molar refractivity (Wildman–Crippen MR) is 93.7 cm³/mol. The molecule has 0 heterocycles. The lowest BCUT2D eigenvalue weighted by atomic mass is 10.2. The second-order valence-electron chi connectivity index (χ2n) is 5.72. The van der Waals surface area contributed by atoms with Gasteiger partial charge in [-0.3, -0.25) is 9.59 Å². The lowest BCUT2D eigenvalue weighted by molar-refractivity contribution is -0.146. The average Bonchev–Trinajstić information content (AvgIpc) is 2.38. The lowest BCUT2D eigenvalue weighted by Gasteiger charge is -2.15. The van der Waals surface area contributed by atoms with Crippen LogP contribution in [0, 0.1) is 0 Å². The molecule has 2 N–H and O–H groups in total. The summed E-state index contributed by atoms with van der Waals surface area (Å²) in [5, 5.41) is 6.29. The van der Waals surface area contributed by atoms with Gasteiger partial charge in [0, 0.05) is 26.2 Å².